The molecule has 4 nitrogen and oxygen atoms in total. The lowest BCUT2D eigenvalue weighted by Gasteiger charge is -2.29. The van der Waals surface area contributed by atoms with Crippen molar-refractivity contribution in [2.45, 2.75) is 0 Å². The number of amides is 2. The van der Waals surface area contributed by atoms with Crippen LogP contribution >= 0.6 is 0 Å². The highest BCUT2D eigenvalue weighted by molar-refractivity contribution is 6.15. The van der Waals surface area contributed by atoms with Gasteiger partial charge in [-0.25, -0.2) is 0 Å². The molecule has 1 heterocycles. The van der Waals surface area contributed by atoms with Crippen molar-refractivity contribution in [3.05, 3.63) is 84.4 Å². The molecule has 122 valence electrons. The summed E-state index contributed by atoms with van der Waals surface area (Å²) in [7, 11) is 0. The first-order valence-electron chi connectivity index (χ1n) is 8.08. The first kappa shape index (κ1) is 15.1. The molecular formula is C21H16N2O2. The molecule has 0 radical (unpaired) electrons. The van der Waals surface area contributed by atoms with Crippen LogP contribution in [0.1, 0.15) is 10.4 Å². The molecule has 1 aliphatic rings. The van der Waals surface area contributed by atoms with Gasteiger partial charge in [-0.3, -0.25) is 14.5 Å². The summed E-state index contributed by atoms with van der Waals surface area (Å²) in [6.07, 6.45) is 0. The number of nitrogens with zero attached hydrogens (tertiary/aromatic N) is 1. The van der Waals surface area contributed by atoms with Crippen molar-refractivity contribution >= 4 is 23.2 Å². The molecule has 0 spiro atoms. The zero-order chi connectivity index (χ0) is 17.2. The molecule has 0 saturated heterocycles. The minimum absolute atomic E-state index is 0.0241. The van der Waals surface area contributed by atoms with Gasteiger partial charge in [-0.2, -0.15) is 0 Å². The summed E-state index contributed by atoms with van der Waals surface area (Å²) in [6, 6.07) is 24.8. The lowest BCUT2D eigenvalue weighted by molar-refractivity contribution is -0.115. The standard InChI is InChI=1S/C21H16N2O2/c24-20-14-23(19-9-5-4-8-18(19)22-20)21(25)17-12-10-16(11-13-17)15-6-2-1-3-7-15/h1-13H,14H2,(H,22,24). The Balaban J connectivity index is 1.64. The summed E-state index contributed by atoms with van der Waals surface area (Å²) in [6.45, 7) is 0.0241. The predicted molar refractivity (Wildman–Crippen MR) is 98.6 cm³/mol. The van der Waals surface area contributed by atoms with Gasteiger partial charge in [-0.1, -0.05) is 54.6 Å². The van der Waals surface area contributed by atoms with Gasteiger partial charge in [0, 0.05) is 5.56 Å². The number of rotatable bonds is 2. The maximum atomic E-state index is 12.9. The fourth-order valence-electron chi connectivity index (χ4n) is 3.01. The molecule has 2 amide bonds. The predicted octanol–water partition coefficient (Wildman–Crippen LogP) is 3.95. The van der Waals surface area contributed by atoms with Crippen LogP contribution in [-0.2, 0) is 4.79 Å². The summed E-state index contributed by atoms with van der Waals surface area (Å²) in [5, 5.41) is 2.79. The number of carbonyl (C=O) groups excluding carboxylic acids is 2. The largest absolute Gasteiger partial charge is 0.323 e. The molecule has 0 aromatic heterocycles. The minimum atomic E-state index is -0.187. The summed E-state index contributed by atoms with van der Waals surface area (Å²) < 4.78 is 0. The second-order valence-corrected chi connectivity index (χ2v) is 5.90. The van der Waals surface area contributed by atoms with E-state index < -0.39 is 0 Å². The smallest absolute Gasteiger partial charge is 0.258 e. The number of carbonyl (C=O) groups is 2. The Hall–Kier alpha value is -3.40. The van der Waals surface area contributed by atoms with Crippen molar-refractivity contribution in [3.63, 3.8) is 0 Å². The minimum Gasteiger partial charge on any atom is -0.323 e. The Bertz CT molecular complexity index is 934. The van der Waals surface area contributed by atoms with Crippen LogP contribution in [0.5, 0.6) is 0 Å². The molecule has 4 rings (SSSR count). The van der Waals surface area contributed by atoms with Gasteiger partial charge in [0.2, 0.25) is 5.91 Å². The molecule has 1 aliphatic heterocycles. The summed E-state index contributed by atoms with van der Waals surface area (Å²) in [5.41, 5.74) is 4.09. The number of benzene rings is 3. The van der Waals surface area contributed by atoms with Crippen LogP contribution in [0, 0.1) is 0 Å². The van der Waals surface area contributed by atoms with Gasteiger partial charge < -0.3 is 5.32 Å². The van der Waals surface area contributed by atoms with E-state index in [4.69, 9.17) is 0 Å². The van der Waals surface area contributed by atoms with Gasteiger partial charge >= 0.3 is 0 Å². The Labute approximate surface area is 145 Å². The molecular weight excluding hydrogens is 312 g/mol. The Morgan fingerprint density at radius 1 is 0.800 bits per heavy atom. The molecule has 0 unspecified atom stereocenters. The Kier molecular flexibility index (Phi) is 3.78. The van der Waals surface area contributed by atoms with Crippen LogP contribution in [-0.4, -0.2) is 18.4 Å². The summed E-state index contributed by atoms with van der Waals surface area (Å²) in [4.78, 5) is 26.3. The third-order valence-electron chi connectivity index (χ3n) is 4.25. The van der Waals surface area contributed by atoms with Crippen molar-refractivity contribution in [1.82, 2.24) is 0 Å². The number of fused-ring (bicyclic) bond motifs is 1. The van der Waals surface area contributed by atoms with Crippen molar-refractivity contribution in [2.24, 2.45) is 0 Å². The monoisotopic (exact) mass is 328 g/mol. The zero-order valence-corrected chi connectivity index (χ0v) is 13.5. The van der Waals surface area contributed by atoms with Crippen LogP contribution in [0.25, 0.3) is 11.1 Å². The third-order valence-corrected chi connectivity index (χ3v) is 4.25. The highest BCUT2D eigenvalue weighted by Crippen LogP contribution is 2.30. The van der Waals surface area contributed by atoms with Gasteiger partial charge in [-0.15, -0.1) is 0 Å². The van der Waals surface area contributed by atoms with Crippen LogP contribution in [0.4, 0.5) is 11.4 Å². The third kappa shape index (κ3) is 2.90. The van der Waals surface area contributed by atoms with Gasteiger partial charge in [0.25, 0.3) is 5.91 Å². The van der Waals surface area contributed by atoms with Gasteiger partial charge in [0.1, 0.15) is 6.54 Å². The zero-order valence-electron chi connectivity index (χ0n) is 13.5. The van der Waals surface area contributed by atoms with Crippen LogP contribution in [0.2, 0.25) is 0 Å². The summed E-state index contributed by atoms with van der Waals surface area (Å²) in [5.74, 6) is -0.366. The van der Waals surface area contributed by atoms with E-state index in [0.29, 0.717) is 11.3 Å². The van der Waals surface area contributed by atoms with Crippen molar-refractivity contribution in [3.8, 4) is 11.1 Å². The fraction of sp³-hybridized carbons (Fsp3) is 0.0476. The maximum Gasteiger partial charge on any atom is 0.258 e. The van der Waals surface area contributed by atoms with Crippen LogP contribution < -0.4 is 10.2 Å². The normalized spacial score (nSPS) is 13.1. The van der Waals surface area contributed by atoms with Gasteiger partial charge in [0.05, 0.1) is 11.4 Å². The lowest BCUT2D eigenvalue weighted by atomic mass is 10.0. The molecule has 4 heteroatoms. The molecule has 0 atom stereocenters. The van der Waals surface area contributed by atoms with Crippen molar-refractivity contribution in [2.75, 3.05) is 16.8 Å². The molecule has 25 heavy (non-hydrogen) atoms. The van der Waals surface area contributed by atoms with E-state index in [0.717, 1.165) is 16.8 Å². The SMILES string of the molecule is O=C1CN(C(=O)c2ccc(-c3ccccc3)cc2)c2ccccc2N1. The lowest BCUT2D eigenvalue weighted by Crippen LogP contribution is -2.42. The molecule has 0 saturated carbocycles. The number of hydrogen-bond donors (Lipinski definition) is 1. The molecule has 0 fully saturated rings. The first-order valence-corrected chi connectivity index (χ1v) is 8.08. The van der Waals surface area contributed by atoms with Crippen LogP contribution in [0.15, 0.2) is 78.9 Å². The topological polar surface area (TPSA) is 49.4 Å². The fourth-order valence-corrected chi connectivity index (χ4v) is 3.01. The van der Waals surface area contributed by atoms with Crippen molar-refractivity contribution in [1.29, 1.82) is 0 Å². The van der Waals surface area contributed by atoms with E-state index in [-0.39, 0.29) is 18.4 Å². The van der Waals surface area contributed by atoms with E-state index in [1.165, 1.54) is 4.90 Å². The highest BCUT2D eigenvalue weighted by Gasteiger charge is 2.27. The highest BCUT2D eigenvalue weighted by atomic mass is 16.2. The quantitative estimate of drug-likeness (QED) is 0.774. The molecule has 0 bridgehead atoms. The van der Waals surface area contributed by atoms with Crippen molar-refractivity contribution < 1.29 is 9.59 Å². The number of para-hydroxylation sites is 2. The number of nitrogens with one attached hydrogen (secondary N) is 1. The molecule has 1 N–H and O–H groups in total. The average Bonchev–Trinajstić information content (AvgIpc) is 2.67. The van der Waals surface area contributed by atoms with E-state index in [1.807, 2.05) is 60.7 Å². The second kappa shape index (κ2) is 6.24. The average molecular weight is 328 g/mol. The first-order chi connectivity index (χ1) is 12.2. The Morgan fingerprint density at radius 2 is 1.44 bits per heavy atom. The number of hydrogen-bond acceptors (Lipinski definition) is 2. The van der Waals surface area contributed by atoms with E-state index in [9.17, 15) is 9.59 Å². The Morgan fingerprint density at radius 3 is 2.20 bits per heavy atom. The summed E-state index contributed by atoms with van der Waals surface area (Å²) >= 11 is 0. The molecule has 3 aromatic carbocycles. The van der Waals surface area contributed by atoms with Crippen LogP contribution in [0.3, 0.4) is 0 Å². The maximum absolute atomic E-state index is 12.9. The van der Waals surface area contributed by atoms with Gasteiger partial charge in [0.15, 0.2) is 0 Å². The second-order valence-electron chi connectivity index (χ2n) is 5.90. The van der Waals surface area contributed by atoms with E-state index >= 15 is 0 Å². The van der Waals surface area contributed by atoms with E-state index in [1.54, 1.807) is 18.2 Å². The number of anilines is 2. The van der Waals surface area contributed by atoms with E-state index in [2.05, 4.69) is 5.32 Å². The molecule has 0 aliphatic carbocycles. The molecule has 3 aromatic rings. The van der Waals surface area contributed by atoms with Gasteiger partial charge in [-0.05, 0) is 35.4 Å².